The summed E-state index contributed by atoms with van der Waals surface area (Å²) >= 11 is 1.53. The van der Waals surface area contributed by atoms with Gasteiger partial charge in [-0.05, 0) is 49.2 Å². The first-order valence-corrected chi connectivity index (χ1v) is 7.69. The van der Waals surface area contributed by atoms with Crippen molar-refractivity contribution >= 4 is 17.7 Å². The van der Waals surface area contributed by atoms with E-state index in [4.69, 9.17) is 5.11 Å². The van der Waals surface area contributed by atoms with Gasteiger partial charge in [-0.2, -0.15) is 4.68 Å². The zero-order valence-electron chi connectivity index (χ0n) is 12.1. The molecule has 0 saturated heterocycles. The number of hydrogen-bond donors (Lipinski definition) is 1. The normalized spacial score (nSPS) is 11.5. The highest BCUT2D eigenvalue weighted by molar-refractivity contribution is 7.99. The molecule has 112 valence electrons. The third-order valence-electron chi connectivity index (χ3n) is 3.20. The fraction of sp³-hybridized carbons (Fsp3) is 0.429. The summed E-state index contributed by atoms with van der Waals surface area (Å²) in [5, 5.41) is 21.5. The molecule has 1 heterocycles. The summed E-state index contributed by atoms with van der Waals surface area (Å²) in [4.78, 5) is 11.0. The summed E-state index contributed by atoms with van der Waals surface area (Å²) in [6, 6.07) is 9.68. The lowest BCUT2D eigenvalue weighted by Gasteiger charge is -2.18. The fourth-order valence-corrected chi connectivity index (χ4v) is 2.61. The molecule has 0 atom stereocenters. The summed E-state index contributed by atoms with van der Waals surface area (Å²) in [5.41, 5.74) is 0.224. The molecule has 0 aliphatic carbocycles. The SMILES string of the molecule is CC(C)(CCCSc1nnnn1-c1ccccc1)C(=O)O. The van der Waals surface area contributed by atoms with Gasteiger partial charge in [-0.25, -0.2) is 0 Å². The smallest absolute Gasteiger partial charge is 0.309 e. The monoisotopic (exact) mass is 306 g/mol. The molecule has 1 aromatic carbocycles. The van der Waals surface area contributed by atoms with Crippen molar-refractivity contribution in [2.75, 3.05) is 5.75 Å². The van der Waals surface area contributed by atoms with Gasteiger partial charge in [0.25, 0.3) is 0 Å². The Labute approximate surface area is 127 Å². The molecule has 2 aromatic rings. The number of benzene rings is 1. The van der Waals surface area contributed by atoms with Crippen molar-refractivity contribution in [3.8, 4) is 5.69 Å². The topological polar surface area (TPSA) is 80.9 Å². The Kier molecular flexibility index (Phi) is 4.95. The Bertz CT molecular complexity index is 598. The van der Waals surface area contributed by atoms with Crippen LogP contribution in [0, 0.1) is 5.41 Å². The minimum atomic E-state index is -0.762. The number of aromatic nitrogens is 4. The molecule has 0 aliphatic rings. The number of aliphatic carboxylic acids is 1. The number of carboxylic acid groups (broad SMARTS) is 1. The largest absolute Gasteiger partial charge is 0.481 e. The minimum absolute atomic E-state index is 0.627. The number of tetrazole rings is 1. The predicted molar refractivity (Wildman–Crippen MR) is 80.5 cm³/mol. The lowest BCUT2D eigenvalue weighted by molar-refractivity contribution is -0.147. The van der Waals surface area contributed by atoms with E-state index in [0.717, 1.165) is 17.9 Å². The Morgan fingerprint density at radius 1 is 1.33 bits per heavy atom. The van der Waals surface area contributed by atoms with Crippen LogP contribution in [-0.4, -0.2) is 37.0 Å². The molecule has 2 rings (SSSR count). The van der Waals surface area contributed by atoms with Gasteiger partial charge in [0.15, 0.2) is 0 Å². The molecule has 1 aromatic heterocycles. The zero-order valence-corrected chi connectivity index (χ0v) is 12.9. The number of thioether (sulfide) groups is 1. The lowest BCUT2D eigenvalue weighted by atomic mass is 9.88. The highest BCUT2D eigenvalue weighted by atomic mass is 32.2. The molecule has 0 saturated carbocycles. The van der Waals surface area contributed by atoms with Crippen LogP contribution in [0.2, 0.25) is 0 Å². The maximum atomic E-state index is 11.0. The van der Waals surface area contributed by atoms with E-state index >= 15 is 0 Å². The summed E-state index contributed by atoms with van der Waals surface area (Å²) in [6.45, 7) is 3.49. The van der Waals surface area contributed by atoms with Crippen LogP contribution in [0.1, 0.15) is 26.7 Å². The molecule has 7 heteroatoms. The quantitative estimate of drug-likeness (QED) is 0.625. The van der Waals surface area contributed by atoms with Crippen LogP contribution in [0.5, 0.6) is 0 Å². The Morgan fingerprint density at radius 3 is 2.71 bits per heavy atom. The van der Waals surface area contributed by atoms with Crippen LogP contribution in [0.15, 0.2) is 35.5 Å². The summed E-state index contributed by atoms with van der Waals surface area (Å²) in [5.74, 6) is 0.0193. The van der Waals surface area contributed by atoms with Gasteiger partial charge in [0.1, 0.15) is 0 Å². The molecule has 0 unspecified atom stereocenters. The van der Waals surface area contributed by atoms with E-state index in [9.17, 15) is 4.79 Å². The molecular weight excluding hydrogens is 288 g/mol. The fourth-order valence-electron chi connectivity index (χ4n) is 1.78. The van der Waals surface area contributed by atoms with Crippen molar-refractivity contribution in [1.82, 2.24) is 20.2 Å². The number of para-hydroxylation sites is 1. The van der Waals surface area contributed by atoms with Crippen molar-refractivity contribution in [2.24, 2.45) is 5.41 Å². The molecule has 1 N–H and O–H groups in total. The van der Waals surface area contributed by atoms with Crippen LogP contribution >= 0.6 is 11.8 Å². The maximum Gasteiger partial charge on any atom is 0.309 e. The van der Waals surface area contributed by atoms with Gasteiger partial charge in [-0.1, -0.05) is 30.0 Å². The van der Waals surface area contributed by atoms with Crippen molar-refractivity contribution in [1.29, 1.82) is 0 Å². The second kappa shape index (κ2) is 6.71. The van der Waals surface area contributed by atoms with Gasteiger partial charge in [-0.3, -0.25) is 4.79 Å². The van der Waals surface area contributed by atoms with Gasteiger partial charge in [0.2, 0.25) is 5.16 Å². The van der Waals surface area contributed by atoms with Crippen molar-refractivity contribution in [3.63, 3.8) is 0 Å². The van der Waals surface area contributed by atoms with E-state index < -0.39 is 11.4 Å². The zero-order chi connectivity index (χ0) is 15.3. The molecule has 0 bridgehead atoms. The average Bonchev–Trinajstić information content (AvgIpc) is 2.93. The molecule has 0 aliphatic heterocycles. The van der Waals surface area contributed by atoms with E-state index in [1.54, 1.807) is 18.5 Å². The van der Waals surface area contributed by atoms with Crippen LogP contribution in [-0.2, 0) is 4.79 Å². The molecule has 6 nitrogen and oxygen atoms in total. The standard InChI is InChI=1S/C14H18N4O2S/c1-14(2,12(19)20)9-6-10-21-13-15-16-17-18(13)11-7-4-3-5-8-11/h3-5,7-8H,6,9-10H2,1-2H3,(H,19,20). The van der Waals surface area contributed by atoms with E-state index in [1.165, 1.54) is 11.8 Å². The molecule has 0 amide bonds. The molecule has 0 spiro atoms. The third kappa shape index (κ3) is 4.04. The molecular formula is C14H18N4O2S. The van der Waals surface area contributed by atoms with Gasteiger partial charge in [0, 0.05) is 5.75 Å². The van der Waals surface area contributed by atoms with Crippen LogP contribution in [0.25, 0.3) is 5.69 Å². The van der Waals surface area contributed by atoms with E-state index in [0.29, 0.717) is 11.6 Å². The van der Waals surface area contributed by atoms with Crippen molar-refractivity contribution < 1.29 is 9.90 Å². The second-order valence-corrected chi connectivity index (χ2v) is 6.41. The highest BCUT2D eigenvalue weighted by Gasteiger charge is 2.26. The maximum absolute atomic E-state index is 11.0. The van der Waals surface area contributed by atoms with E-state index in [-0.39, 0.29) is 0 Å². The molecule has 0 radical (unpaired) electrons. The number of hydrogen-bond acceptors (Lipinski definition) is 5. The third-order valence-corrected chi connectivity index (χ3v) is 4.20. The highest BCUT2D eigenvalue weighted by Crippen LogP contribution is 2.25. The predicted octanol–water partition coefficient (Wildman–Crippen LogP) is 2.65. The molecule has 21 heavy (non-hydrogen) atoms. The summed E-state index contributed by atoms with van der Waals surface area (Å²) < 4.78 is 1.69. The van der Waals surface area contributed by atoms with Crippen LogP contribution in [0.4, 0.5) is 0 Å². The van der Waals surface area contributed by atoms with E-state index in [2.05, 4.69) is 15.5 Å². The summed E-state index contributed by atoms with van der Waals surface area (Å²) in [6.07, 6.45) is 1.42. The van der Waals surface area contributed by atoms with Gasteiger partial charge < -0.3 is 5.11 Å². The van der Waals surface area contributed by atoms with Crippen LogP contribution in [0.3, 0.4) is 0 Å². The first-order chi connectivity index (χ1) is 10.0. The molecule has 0 fully saturated rings. The number of nitrogens with zero attached hydrogens (tertiary/aromatic N) is 4. The van der Waals surface area contributed by atoms with Crippen molar-refractivity contribution in [2.45, 2.75) is 31.8 Å². The average molecular weight is 306 g/mol. The number of carbonyl (C=O) groups is 1. The number of carboxylic acids is 1. The Morgan fingerprint density at radius 2 is 2.05 bits per heavy atom. The number of rotatable bonds is 7. The van der Waals surface area contributed by atoms with Gasteiger partial charge in [-0.15, -0.1) is 5.10 Å². The minimum Gasteiger partial charge on any atom is -0.481 e. The second-order valence-electron chi connectivity index (χ2n) is 5.35. The lowest BCUT2D eigenvalue weighted by Crippen LogP contribution is -2.23. The van der Waals surface area contributed by atoms with Crippen molar-refractivity contribution in [3.05, 3.63) is 30.3 Å². The first kappa shape index (κ1) is 15.5. The van der Waals surface area contributed by atoms with E-state index in [1.807, 2.05) is 30.3 Å². The Balaban J connectivity index is 1.91. The van der Waals surface area contributed by atoms with Crippen LogP contribution < -0.4 is 0 Å². The summed E-state index contributed by atoms with van der Waals surface area (Å²) in [7, 11) is 0. The first-order valence-electron chi connectivity index (χ1n) is 6.71. The van der Waals surface area contributed by atoms with Gasteiger partial charge >= 0.3 is 5.97 Å². The Hall–Kier alpha value is -1.89. The van der Waals surface area contributed by atoms with Gasteiger partial charge in [0.05, 0.1) is 11.1 Å².